The normalized spacial score (nSPS) is 12.5. The molecule has 20 heavy (non-hydrogen) atoms. The van der Waals surface area contributed by atoms with E-state index in [0.717, 1.165) is 23.6 Å². The van der Waals surface area contributed by atoms with Gasteiger partial charge in [0.2, 0.25) is 0 Å². The van der Waals surface area contributed by atoms with Crippen molar-refractivity contribution in [2.75, 3.05) is 25.7 Å². The summed E-state index contributed by atoms with van der Waals surface area (Å²) in [6.45, 7) is 0.117. The molecule has 6 nitrogen and oxygen atoms in total. The van der Waals surface area contributed by atoms with Crippen LogP contribution in [0.4, 0.5) is 0 Å². The van der Waals surface area contributed by atoms with Gasteiger partial charge in [0.25, 0.3) is 20.2 Å². The molecule has 0 unspecified atom stereocenters. The number of hydrogen-bond donors (Lipinski definition) is 0. The third-order valence-electron chi connectivity index (χ3n) is 2.46. The fraction of sp³-hybridized carbons (Fsp3) is 0.500. The highest BCUT2D eigenvalue weighted by atomic mass is 32.2. The van der Waals surface area contributed by atoms with Crippen LogP contribution in [0.5, 0.6) is 0 Å². The van der Waals surface area contributed by atoms with Crippen molar-refractivity contribution in [3.63, 3.8) is 0 Å². The highest BCUT2D eigenvalue weighted by Crippen LogP contribution is 2.11. The van der Waals surface area contributed by atoms with Crippen molar-refractivity contribution in [2.45, 2.75) is 12.8 Å². The Morgan fingerprint density at radius 2 is 1.15 bits per heavy atom. The van der Waals surface area contributed by atoms with E-state index in [1.165, 1.54) is 0 Å². The van der Waals surface area contributed by atoms with Gasteiger partial charge in [-0.1, -0.05) is 24.3 Å². The monoisotopic (exact) mass is 322 g/mol. The summed E-state index contributed by atoms with van der Waals surface area (Å²) < 4.78 is 52.9. The Labute approximate surface area is 120 Å². The summed E-state index contributed by atoms with van der Waals surface area (Å²) in [7, 11) is -6.89. The van der Waals surface area contributed by atoms with E-state index >= 15 is 0 Å². The molecule has 0 aliphatic heterocycles. The van der Waals surface area contributed by atoms with Crippen molar-refractivity contribution < 1.29 is 25.2 Å². The van der Waals surface area contributed by atoms with E-state index < -0.39 is 20.2 Å². The number of benzene rings is 1. The molecule has 0 saturated carbocycles. The molecule has 0 fully saturated rings. The first-order valence-electron chi connectivity index (χ1n) is 5.93. The largest absolute Gasteiger partial charge is 0.270 e. The zero-order valence-electron chi connectivity index (χ0n) is 11.4. The summed E-state index contributed by atoms with van der Waals surface area (Å²) in [5.74, 6) is 0. The molecule has 0 radical (unpaired) electrons. The second-order valence-electron chi connectivity index (χ2n) is 4.32. The van der Waals surface area contributed by atoms with Crippen molar-refractivity contribution in [1.29, 1.82) is 0 Å². The molecule has 114 valence electrons. The predicted octanol–water partition coefficient (Wildman–Crippen LogP) is 0.724. The van der Waals surface area contributed by atoms with Crippen LogP contribution in [0.15, 0.2) is 24.3 Å². The van der Waals surface area contributed by atoms with Gasteiger partial charge in [-0.3, -0.25) is 8.37 Å². The van der Waals surface area contributed by atoms with Crippen LogP contribution >= 0.6 is 0 Å². The molecule has 0 aromatic heterocycles. The summed E-state index contributed by atoms with van der Waals surface area (Å²) >= 11 is 0. The van der Waals surface area contributed by atoms with Gasteiger partial charge in [-0.15, -0.1) is 0 Å². The minimum absolute atomic E-state index is 0.0583. The molecular weight excluding hydrogens is 304 g/mol. The van der Waals surface area contributed by atoms with Gasteiger partial charge in [-0.2, -0.15) is 16.8 Å². The highest BCUT2D eigenvalue weighted by molar-refractivity contribution is 7.86. The summed E-state index contributed by atoms with van der Waals surface area (Å²) in [6.07, 6.45) is 2.86. The first-order chi connectivity index (χ1) is 9.17. The molecular formula is C12H18O6S2. The standard InChI is InChI=1S/C12H18O6S2/c1-19(13,14)17-9-7-11-5-3-4-6-12(11)8-10-18-20(2,15)16/h3-6H,7-10H2,1-2H3. The minimum atomic E-state index is -3.45. The Balaban J connectivity index is 2.59. The van der Waals surface area contributed by atoms with Gasteiger partial charge in [-0.25, -0.2) is 0 Å². The topological polar surface area (TPSA) is 86.7 Å². The maximum Gasteiger partial charge on any atom is 0.264 e. The zero-order chi connectivity index (χ0) is 15.2. The van der Waals surface area contributed by atoms with E-state index in [-0.39, 0.29) is 13.2 Å². The van der Waals surface area contributed by atoms with E-state index in [0.29, 0.717) is 12.8 Å². The molecule has 8 heteroatoms. The molecule has 0 saturated heterocycles. The maximum absolute atomic E-state index is 10.9. The lowest BCUT2D eigenvalue weighted by molar-refractivity contribution is 0.319. The van der Waals surface area contributed by atoms with Crippen LogP contribution in [0.2, 0.25) is 0 Å². The molecule has 0 atom stereocenters. The molecule has 1 rings (SSSR count). The SMILES string of the molecule is CS(=O)(=O)OCCc1ccccc1CCOS(C)(=O)=O. The molecule has 0 aliphatic carbocycles. The lowest BCUT2D eigenvalue weighted by atomic mass is 10.0. The Morgan fingerprint density at radius 3 is 1.45 bits per heavy atom. The van der Waals surface area contributed by atoms with Crippen LogP contribution in [0.25, 0.3) is 0 Å². The molecule has 0 N–H and O–H groups in total. The minimum Gasteiger partial charge on any atom is -0.270 e. The van der Waals surface area contributed by atoms with Gasteiger partial charge < -0.3 is 0 Å². The van der Waals surface area contributed by atoms with Gasteiger partial charge in [0, 0.05) is 0 Å². The van der Waals surface area contributed by atoms with Crippen LogP contribution in [0.3, 0.4) is 0 Å². The van der Waals surface area contributed by atoms with Crippen molar-refractivity contribution in [1.82, 2.24) is 0 Å². The second-order valence-corrected chi connectivity index (χ2v) is 7.61. The average molecular weight is 322 g/mol. The molecule has 0 bridgehead atoms. The van der Waals surface area contributed by atoms with E-state index in [9.17, 15) is 16.8 Å². The summed E-state index contributed by atoms with van der Waals surface area (Å²) in [6, 6.07) is 7.36. The second kappa shape index (κ2) is 7.16. The number of hydrogen-bond acceptors (Lipinski definition) is 6. The molecule has 0 amide bonds. The number of rotatable bonds is 8. The van der Waals surface area contributed by atoms with E-state index in [4.69, 9.17) is 8.37 Å². The van der Waals surface area contributed by atoms with Crippen molar-refractivity contribution in [3.8, 4) is 0 Å². The zero-order valence-corrected chi connectivity index (χ0v) is 13.0. The van der Waals surface area contributed by atoms with E-state index in [1.807, 2.05) is 24.3 Å². The van der Waals surface area contributed by atoms with Crippen LogP contribution in [-0.4, -0.2) is 42.6 Å². The molecule has 0 aliphatic rings. The summed E-state index contributed by atoms with van der Waals surface area (Å²) in [4.78, 5) is 0. The lowest BCUT2D eigenvalue weighted by Crippen LogP contribution is -2.10. The smallest absolute Gasteiger partial charge is 0.264 e. The Kier molecular flexibility index (Phi) is 6.12. The van der Waals surface area contributed by atoms with E-state index in [1.54, 1.807) is 0 Å². The van der Waals surface area contributed by atoms with Gasteiger partial charge in [0.1, 0.15) is 0 Å². The van der Waals surface area contributed by atoms with Crippen LogP contribution in [0, 0.1) is 0 Å². The Bertz CT molecular complexity index is 577. The lowest BCUT2D eigenvalue weighted by Gasteiger charge is -2.09. The predicted molar refractivity (Wildman–Crippen MR) is 75.4 cm³/mol. The van der Waals surface area contributed by atoms with Crippen molar-refractivity contribution in [3.05, 3.63) is 35.4 Å². The molecule has 0 spiro atoms. The van der Waals surface area contributed by atoms with Gasteiger partial charge in [0.15, 0.2) is 0 Å². The van der Waals surface area contributed by atoms with Crippen LogP contribution in [0.1, 0.15) is 11.1 Å². The Hall–Kier alpha value is -0.960. The van der Waals surface area contributed by atoms with E-state index in [2.05, 4.69) is 0 Å². The molecule has 1 aromatic carbocycles. The summed E-state index contributed by atoms with van der Waals surface area (Å²) in [5, 5.41) is 0. The maximum atomic E-state index is 10.9. The average Bonchev–Trinajstić information content (AvgIpc) is 2.28. The summed E-state index contributed by atoms with van der Waals surface area (Å²) in [5.41, 5.74) is 1.82. The Morgan fingerprint density at radius 1 is 0.800 bits per heavy atom. The highest BCUT2D eigenvalue weighted by Gasteiger charge is 2.07. The first-order valence-corrected chi connectivity index (χ1v) is 9.56. The van der Waals surface area contributed by atoms with Crippen molar-refractivity contribution in [2.24, 2.45) is 0 Å². The fourth-order valence-electron chi connectivity index (χ4n) is 1.65. The molecule has 1 aromatic rings. The van der Waals surface area contributed by atoms with Crippen molar-refractivity contribution >= 4 is 20.2 Å². The quantitative estimate of drug-likeness (QED) is 0.656. The van der Waals surface area contributed by atoms with Crippen LogP contribution in [-0.2, 0) is 41.4 Å². The fourth-order valence-corrected chi connectivity index (χ4v) is 2.42. The first kappa shape index (κ1) is 17.1. The van der Waals surface area contributed by atoms with Gasteiger partial charge >= 0.3 is 0 Å². The van der Waals surface area contributed by atoms with Gasteiger partial charge in [-0.05, 0) is 24.0 Å². The molecule has 0 heterocycles. The third kappa shape index (κ3) is 7.59. The van der Waals surface area contributed by atoms with Gasteiger partial charge in [0.05, 0.1) is 25.7 Å². The third-order valence-corrected chi connectivity index (χ3v) is 3.65. The van der Waals surface area contributed by atoms with Crippen LogP contribution < -0.4 is 0 Å².